The van der Waals surface area contributed by atoms with Crippen LogP contribution in [-0.2, 0) is 11.3 Å². The summed E-state index contributed by atoms with van der Waals surface area (Å²) >= 11 is 6.60. The Morgan fingerprint density at radius 2 is 2.32 bits per heavy atom. The van der Waals surface area contributed by atoms with E-state index in [2.05, 4.69) is 5.32 Å². The molecule has 6 nitrogen and oxygen atoms in total. The number of aromatic nitrogens is 1. The Kier molecular flexibility index (Phi) is 5.72. The van der Waals surface area contributed by atoms with E-state index in [0.717, 1.165) is 19.4 Å². The number of nitrogens with one attached hydrogen (secondary N) is 1. The molecule has 25 heavy (non-hydrogen) atoms. The fourth-order valence-electron chi connectivity index (χ4n) is 2.77. The molecule has 3 rings (SSSR count). The quantitative estimate of drug-likeness (QED) is 0.749. The molecule has 1 aromatic carbocycles. The normalized spacial score (nSPS) is 16.8. The number of thiazole rings is 1. The van der Waals surface area contributed by atoms with Crippen LogP contribution in [0.15, 0.2) is 24.3 Å². The van der Waals surface area contributed by atoms with Gasteiger partial charge in [0.05, 0.1) is 24.9 Å². The van der Waals surface area contributed by atoms with Gasteiger partial charge in [-0.1, -0.05) is 23.5 Å². The lowest BCUT2D eigenvalue weighted by molar-refractivity contribution is 0.0970. The average Bonchev–Trinajstić information content (AvgIpc) is 3.20. The van der Waals surface area contributed by atoms with Crippen LogP contribution in [0, 0.1) is 3.95 Å². The Morgan fingerprint density at radius 1 is 1.52 bits per heavy atom. The van der Waals surface area contributed by atoms with Gasteiger partial charge in [-0.05, 0) is 44.1 Å². The highest BCUT2D eigenvalue weighted by Crippen LogP contribution is 2.28. The zero-order valence-corrected chi connectivity index (χ0v) is 15.6. The van der Waals surface area contributed by atoms with Crippen LogP contribution in [0.25, 0.3) is 0 Å². The van der Waals surface area contributed by atoms with Crippen molar-refractivity contribution >= 4 is 41.0 Å². The maximum atomic E-state index is 12.7. The van der Waals surface area contributed by atoms with Gasteiger partial charge in [0.2, 0.25) is 0 Å². The van der Waals surface area contributed by atoms with Crippen molar-refractivity contribution in [3.05, 3.63) is 33.1 Å². The van der Waals surface area contributed by atoms with Gasteiger partial charge < -0.3 is 25.1 Å². The summed E-state index contributed by atoms with van der Waals surface area (Å²) in [5.41, 5.74) is 6.80. The van der Waals surface area contributed by atoms with Crippen LogP contribution < -0.4 is 15.8 Å². The van der Waals surface area contributed by atoms with Crippen LogP contribution >= 0.6 is 23.6 Å². The van der Waals surface area contributed by atoms with E-state index in [1.54, 1.807) is 10.6 Å². The fraction of sp³-hybridized carbons (Fsp3) is 0.412. The zero-order valence-electron chi connectivity index (χ0n) is 14.0. The van der Waals surface area contributed by atoms with Crippen molar-refractivity contribution in [2.75, 3.05) is 24.3 Å². The van der Waals surface area contributed by atoms with Crippen LogP contribution in [0.2, 0.25) is 0 Å². The van der Waals surface area contributed by atoms with Gasteiger partial charge in [0.25, 0.3) is 5.91 Å². The number of anilines is 2. The van der Waals surface area contributed by atoms with Gasteiger partial charge in [-0.3, -0.25) is 4.79 Å². The molecule has 0 unspecified atom stereocenters. The molecular weight excluding hydrogens is 358 g/mol. The first-order valence-electron chi connectivity index (χ1n) is 8.24. The number of para-hydroxylation sites is 2. The van der Waals surface area contributed by atoms with Crippen LogP contribution in [0.1, 0.15) is 29.4 Å². The number of benzene rings is 1. The number of nitrogens with zero attached hydrogens (tertiary/aromatic N) is 1. The van der Waals surface area contributed by atoms with Crippen molar-refractivity contribution in [3.63, 3.8) is 0 Å². The highest BCUT2D eigenvalue weighted by molar-refractivity contribution is 7.73. The largest absolute Gasteiger partial charge is 0.492 e. The van der Waals surface area contributed by atoms with E-state index in [-0.39, 0.29) is 12.0 Å². The number of carbonyl (C=O) groups excluding carboxylic acids is 1. The van der Waals surface area contributed by atoms with Crippen molar-refractivity contribution in [1.29, 1.82) is 0 Å². The van der Waals surface area contributed by atoms with E-state index in [1.807, 2.05) is 25.1 Å². The molecule has 0 radical (unpaired) electrons. The van der Waals surface area contributed by atoms with E-state index < -0.39 is 0 Å². The number of hydrogen-bond donors (Lipinski definition) is 2. The van der Waals surface area contributed by atoms with Gasteiger partial charge >= 0.3 is 0 Å². The molecule has 0 spiro atoms. The second-order valence-corrected chi connectivity index (χ2v) is 7.36. The summed E-state index contributed by atoms with van der Waals surface area (Å²) in [6, 6.07) is 7.30. The zero-order chi connectivity index (χ0) is 17.8. The monoisotopic (exact) mass is 379 g/mol. The lowest BCUT2D eigenvalue weighted by atomic mass is 10.2. The highest BCUT2D eigenvalue weighted by Gasteiger charge is 2.22. The lowest BCUT2D eigenvalue weighted by Gasteiger charge is -2.13. The number of carbonyl (C=O) groups is 1. The third kappa shape index (κ3) is 4.02. The second kappa shape index (κ2) is 7.99. The summed E-state index contributed by atoms with van der Waals surface area (Å²) < 4.78 is 13.5. The summed E-state index contributed by atoms with van der Waals surface area (Å²) in [5.74, 6) is 0.725. The number of rotatable bonds is 6. The van der Waals surface area contributed by atoms with Crippen molar-refractivity contribution in [2.24, 2.45) is 0 Å². The average molecular weight is 380 g/mol. The fourth-order valence-corrected chi connectivity index (χ4v) is 4.01. The number of nitrogen functional groups attached to an aromatic ring is 1. The molecule has 2 heterocycles. The summed E-state index contributed by atoms with van der Waals surface area (Å²) in [4.78, 5) is 13.1. The molecule has 1 fully saturated rings. The Hall–Kier alpha value is -1.90. The third-order valence-corrected chi connectivity index (χ3v) is 5.45. The molecule has 8 heteroatoms. The van der Waals surface area contributed by atoms with Gasteiger partial charge in [-0.25, -0.2) is 0 Å². The predicted molar refractivity (Wildman–Crippen MR) is 102 cm³/mol. The molecule has 2 aromatic rings. The second-order valence-electron chi connectivity index (χ2n) is 5.71. The first kappa shape index (κ1) is 17.9. The Morgan fingerprint density at radius 3 is 3.04 bits per heavy atom. The first-order chi connectivity index (χ1) is 12.1. The lowest BCUT2D eigenvalue weighted by Crippen LogP contribution is -2.18. The molecule has 0 bridgehead atoms. The number of ether oxygens (including phenoxy) is 2. The minimum atomic E-state index is -0.285. The van der Waals surface area contributed by atoms with Gasteiger partial charge in [0.1, 0.15) is 16.4 Å². The van der Waals surface area contributed by atoms with Gasteiger partial charge in [-0.15, -0.1) is 0 Å². The van der Waals surface area contributed by atoms with Crippen LogP contribution in [0.5, 0.6) is 5.75 Å². The Labute approximate surface area is 155 Å². The molecule has 1 saturated heterocycles. The Bertz CT molecular complexity index is 810. The van der Waals surface area contributed by atoms with E-state index in [0.29, 0.717) is 39.2 Å². The van der Waals surface area contributed by atoms with Crippen LogP contribution in [0.4, 0.5) is 11.5 Å². The van der Waals surface area contributed by atoms with E-state index in [4.69, 9.17) is 27.4 Å². The maximum absolute atomic E-state index is 12.7. The highest BCUT2D eigenvalue weighted by atomic mass is 32.1. The van der Waals surface area contributed by atoms with Crippen molar-refractivity contribution in [2.45, 2.75) is 32.4 Å². The van der Waals surface area contributed by atoms with Gasteiger partial charge in [-0.2, -0.15) is 0 Å². The molecule has 3 N–H and O–H groups in total. The van der Waals surface area contributed by atoms with Crippen molar-refractivity contribution in [3.8, 4) is 5.75 Å². The molecule has 0 saturated carbocycles. The van der Waals surface area contributed by atoms with E-state index >= 15 is 0 Å². The minimum Gasteiger partial charge on any atom is -0.492 e. The van der Waals surface area contributed by atoms with Crippen LogP contribution in [-0.4, -0.2) is 29.8 Å². The summed E-state index contributed by atoms with van der Waals surface area (Å²) in [6.45, 7) is 3.77. The maximum Gasteiger partial charge on any atom is 0.269 e. The number of amides is 1. The molecular formula is C17H21N3O3S2. The summed E-state index contributed by atoms with van der Waals surface area (Å²) in [5, 5.41) is 2.86. The topological polar surface area (TPSA) is 78.5 Å². The molecule has 134 valence electrons. The molecule has 0 aliphatic carbocycles. The first-order valence-corrected chi connectivity index (χ1v) is 9.46. The SMILES string of the molecule is CCOc1ccccc1NC(=O)c1sc(=S)n(C[C@@H]2CCCO2)c1N. The Balaban J connectivity index is 1.80. The van der Waals surface area contributed by atoms with Gasteiger partial charge in [0, 0.05) is 6.61 Å². The van der Waals surface area contributed by atoms with E-state index in [1.165, 1.54) is 11.3 Å². The van der Waals surface area contributed by atoms with Crippen molar-refractivity contribution < 1.29 is 14.3 Å². The van der Waals surface area contributed by atoms with Crippen LogP contribution in [0.3, 0.4) is 0 Å². The molecule has 1 amide bonds. The van der Waals surface area contributed by atoms with Gasteiger partial charge in [0.15, 0.2) is 3.95 Å². The summed E-state index contributed by atoms with van der Waals surface area (Å²) in [6.07, 6.45) is 2.14. The third-order valence-electron chi connectivity index (χ3n) is 3.98. The minimum absolute atomic E-state index is 0.109. The smallest absolute Gasteiger partial charge is 0.269 e. The predicted octanol–water partition coefficient (Wildman–Crippen LogP) is 3.69. The van der Waals surface area contributed by atoms with Crippen molar-refractivity contribution in [1.82, 2.24) is 4.57 Å². The molecule has 1 aromatic heterocycles. The number of nitrogens with two attached hydrogens (primary N) is 1. The number of hydrogen-bond acceptors (Lipinski definition) is 6. The molecule has 1 aliphatic heterocycles. The molecule has 1 atom stereocenters. The molecule has 1 aliphatic rings. The standard InChI is InChI=1S/C17H21N3O3S2/c1-2-22-13-8-4-3-7-12(13)19-16(21)14-15(18)20(17(24)25-14)10-11-6-5-9-23-11/h3-4,7-8,11H,2,5-6,9-10,18H2,1H3,(H,19,21)/t11-/m0/s1. The van der Waals surface area contributed by atoms with E-state index in [9.17, 15) is 4.79 Å². The summed E-state index contributed by atoms with van der Waals surface area (Å²) in [7, 11) is 0.